The van der Waals surface area contributed by atoms with E-state index in [2.05, 4.69) is 20.8 Å². The zero-order chi connectivity index (χ0) is 20.7. The fraction of sp³-hybridized carbons (Fsp3) is 1.00. The Bertz CT molecular complexity index is 316. The van der Waals surface area contributed by atoms with E-state index in [0.29, 0.717) is 5.66 Å². The topological polar surface area (TPSA) is 17.1 Å². The second-order valence-corrected chi connectivity index (χ2v) is 11.0. The predicted molar refractivity (Wildman–Crippen MR) is 130 cm³/mol. The van der Waals surface area contributed by atoms with Crippen LogP contribution in [-0.4, -0.2) is 11.8 Å². The lowest BCUT2D eigenvalue weighted by Gasteiger charge is -2.08. The molecule has 0 aliphatic carbocycles. The molecule has 2 unspecified atom stereocenters. The van der Waals surface area contributed by atoms with Crippen molar-refractivity contribution < 1.29 is 4.57 Å². The Hall–Kier alpha value is 0.100. The standard InChI is InChI=1S/C26H54OP/c1-4-7-10-13-14-15-16-17-19-22-25-28(27)26(23-20-12-9-6-3)24-21-18-11-8-5-2/h26H,4-25H2,1-3H3/q+1. The van der Waals surface area contributed by atoms with Crippen LogP contribution >= 0.6 is 7.80 Å². The minimum Gasteiger partial charge on any atom is -0.0745 e. The molecule has 0 aromatic carbocycles. The normalized spacial score (nSPS) is 13.0. The molecule has 0 N–H and O–H groups in total. The Morgan fingerprint density at radius 3 is 1.21 bits per heavy atom. The minimum atomic E-state index is -0.974. The Morgan fingerprint density at radius 2 is 0.786 bits per heavy atom. The lowest BCUT2D eigenvalue weighted by atomic mass is 10.0. The highest BCUT2D eigenvalue weighted by molar-refractivity contribution is 7.45. The van der Waals surface area contributed by atoms with Crippen molar-refractivity contribution in [2.24, 2.45) is 0 Å². The maximum atomic E-state index is 12.9. The summed E-state index contributed by atoms with van der Waals surface area (Å²) in [6, 6.07) is 0. The van der Waals surface area contributed by atoms with Crippen LogP contribution < -0.4 is 0 Å². The molecule has 0 saturated heterocycles. The van der Waals surface area contributed by atoms with Gasteiger partial charge in [0.25, 0.3) is 0 Å². The third-order valence-electron chi connectivity index (χ3n) is 6.17. The van der Waals surface area contributed by atoms with E-state index in [0.717, 1.165) is 6.16 Å². The summed E-state index contributed by atoms with van der Waals surface area (Å²) in [5.41, 5.74) is 0.520. The molecule has 0 aliphatic heterocycles. The van der Waals surface area contributed by atoms with Crippen LogP contribution in [0.2, 0.25) is 0 Å². The van der Waals surface area contributed by atoms with Crippen molar-refractivity contribution in [1.29, 1.82) is 0 Å². The molecule has 28 heavy (non-hydrogen) atoms. The summed E-state index contributed by atoms with van der Waals surface area (Å²) in [5, 5.41) is 0. The third-order valence-corrected chi connectivity index (χ3v) is 8.26. The van der Waals surface area contributed by atoms with Crippen LogP contribution in [0.5, 0.6) is 0 Å². The number of rotatable bonds is 23. The van der Waals surface area contributed by atoms with Gasteiger partial charge in [0.2, 0.25) is 0 Å². The first kappa shape index (κ1) is 28.1. The molecule has 0 rings (SSSR count). The Kier molecular flexibility index (Phi) is 23.5. The number of unbranched alkanes of at least 4 members (excludes halogenated alkanes) is 16. The summed E-state index contributed by atoms with van der Waals surface area (Å²) in [7, 11) is -0.974. The zero-order valence-corrected chi connectivity index (χ0v) is 20.9. The highest BCUT2D eigenvalue weighted by Crippen LogP contribution is 2.36. The van der Waals surface area contributed by atoms with Crippen LogP contribution in [0.25, 0.3) is 0 Å². The monoisotopic (exact) mass is 413 g/mol. The fourth-order valence-electron chi connectivity index (χ4n) is 4.16. The van der Waals surface area contributed by atoms with E-state index in [4.69, 9.17) is 0 Å². The van der Waals surface area contributed by atoms with Crippen molar-refractivity contribution in [3.8, 4) is 0 Å². The van der Waals surface area contributed by atoms with E-state index in [1.165, 1.54) is 135 Å². The Balaban J connectivity index is 3.84. The van der Waals surface area contributed by atoms with E-state index in [-0.39, 0.29) is 0 Å². The number of hydrogen-bond donors (Lipinski definition) is 0. The molecule has 0 saturated carbocycles. The average Bonchev–Trinajstić information content (AvgIpc) is 2.70. The van der Waals surface area contributed by atoms with Crippen molar-refractivity contribution in [3.63, 3.8) is 0 Å². The van der Waals surface area contributed by atoms with Gasteiger partial charge in [-0.1, -0.05) is 122 Å². The van der Waals surface area contributed by atoms with Gasteiger partial charge in [0.15, 0.2) is 5.66 Å². The van der Waals surface area contributed by atoms with Crippen molar-refractivity contribution in [1.82, 2.24) is 0 Å². The van der Waals surface area contributed by atoms with Crippen molar-refractivity contribution in [2.45, 2.75) is 161 Å². The lowest BCUT2D eigenvalue weighted by molar-refractivity contribution is 0.523. The van der Waals surface area contributed by atoms with Gasteiger partial charge in [-0.25, -0.2) is 0 Å². The summed E-state index contributed by atoms with van der Waals surface area (Å²) < 4.78 is 12.9. The van der Waals surface area contributed by atoms with E-state index in [9.17, 15) is 4.57 Å². The molecular weight excluding hydrogens is 359 g/mol. The van der Waals surface area contributed by atoms with Crippen LogP contribution in [0.3, 0.4) is 0 Å². The van der Waals surface area contributed by atoms with Crippen LogP contribution in [0.4, 0.5) is 0 Å². The van der Waals surface area contributed by atoms with Gasteiger partial charge in [0, 0.05) is 0 Å². The minimum absolute atomic E-state index is 0.520. The van der Waals surface area contributed by atoms with Gasteiger partial charge in [-0.15, -0.1) is 0 Å². The van der Waals surface area contributed by atoms with E-state index in [1.54, 1.807) is 0 Å². The van der Waals surface area contributed by atoms with Crippen LogP contribution in [0.1, 0.15) is 156 Å². The SMILES string of the molecule is CCCCCCCCCCCC[P+](=O)C(CCCCCC)CCCCCCC. The molecule has 1 nitrogen and oxygen atoms in total. The van der Waals surface area contributed by atoms with Gasteiger partial charge >= 0.3 is 7.80 Å². The first-order chi connectivity index (χ1) is 13.8. The lowest BCUT2D eigenvalue weighted by Crippen LogP contribution is -2.05. The second kappa shape index (κ2) is 23.4. The molecule has 0 heterocycles. The smallest absolute Gasteiger partial charge is 0.0745 e. The molecule has 2 atom stereocenters. The average molecular weight is 414 g/mol. The molecule has 0 fully saturated rings. The molecular formula is C26H54OP+. The van der Waals surface area contributed by atoms with Crippen molar-refractivity contribution in [2.75, 3.05) is 6.16 Å². The molecule has 0 aliphatic rings. The van der Waals surface area contributed by atoms with Gasteiger partial charge in [-0.3, -0.25) is 0 Å². The van der Waals surface area contributed by atoms with Gasteiger partial charge in [-0.05, 0) is 38.5 Å². The van der Waals surface area contributed by atoms with Gasteiger partial charge in [-0.2, -0.15) is 0 Å². The highest BCUT2D eigenvalue weighted by Gasteiger charge is 2.28. The molecule has 0 aromatic rings. The van der Waals surface area contributed by atoms with Crippen LogP contribution in [-0.2, 0) is 4.57 Å². The summed E-state index contributed by atoms with van der Waals surface area (Å²) in [6.45, 7) is 6.84. The third kappa shape index (κ3) is 19.4. The summed E-state index contributed by atoms with van der Waals surface area (Å²) >= 11 is 0. The Morgan fingerprint density at radius 1 is 0.464 bits per heavy atom. The number of hydrogen-bond acceptors (Lipinski definition) is 1. The second-order valence-electron chi connectivity index (χ2n) is 9.03. The molecule has 0 aromatic heterocycles. The van der Waals surface area contributed by atoms with E-state index >= 15 is 0 Å². The highest BCUT2D eigenvalue weighted by atomic mass is 31.1. The maximum absolute atomic E-state index is 12.9. The molecule has 0 bridgehead atoms. The van der Waals surface area contributed by atoms with Gasteiger partial charge < -0.3 is 0 Å². The quantitative estimate of drug-likeness (QED) is 0.120. The zero-order valence-electron chi connectivity index (χ0n) is 20.0. The molecule has 2 heteroatoms. The predicted octanol–water partition coefficient (Wildman–Crippen LogP) is 10.4. The Labute approximate surface area is 180 Å². The first-order valence-electron chi connectivity index (χ1n) is 13.2. The molecule has 168 valence electrons. The van der Waals surface area contributed by atoms with E-state index < -0.39 is 7.80 Å². The van der Waals surface area contributed by atoms with Crippen molar-refractivity contribution >= 4 is 7.80 Å². The fourth-order valence-corrected chi connectivity index (χ4v) is 6.00. The van der Waals surface area contributed by atoms with Gasteiger partial charge in [0.1, 0.15) is 6.16 Å². The maximum Gasteiger partial charge on any atom is 0.341 e. The van der Waals surface area contributed by atoms with E-state index in [1.807, 2.05) is 0 Å². The molecule has 0 radical (unpaired) electrons. The molecule has 0 spiro atoms. The largest absolute Gasteiger partial charge is 0.341 e. The summed E-state index contributed by atoms with van der Waals surface area (Å²) in [5.74, 6) is 0. The van der Waals surface area contributed by atoms with Crippen LogP contribution in [0, 0.1) is 0 Å². The molecule has 0 amide bonds. The summed E-state index contributed by atoms with van der Waals surface area (Å²) in [4.78, 5) is 0. The van der Waals surface area contributed by atoms with Crippen LogP contribution in [0.15, 0.2) is 0 Å². The summed E-state index contributed by atoms with van der Waals surface area (Å²) in [6.07, 6.45) is 29.1. The van der Waals surface area contributed by atoms with Gasteiger partial charge in [0.05, 0.1) is 0 Å². The van der Waals surface area contributed by atoms with Crippen molar-refractivity contribution in [3.05, 3.63) is 0 Å². The first-order valence-corrected chi connectivity index (χ1v) is 14.7.